The van der Waals surface area contributed by atoms with Crippen molar-refractivity contribution in [2.45, 2.75) is 134 Å². The Morgan fingerprint density at radius 1 is 0.837 bits per heavy atom. The van der Waals surface area contributed by atoms with Gasteiger partial charge in [0.1, 0.15) is 5.75 Å². The smallest absolute Gasteiger partial charge is 0.192 e. The van der Waals surface area contributed by atoms with E-state index in [1.54, 1.807) is 14.2 Å². The Hall–Kier alpha value is -0.00623. The lowest BCUT2D eigenvalue weighted by Crippen LogP contribution is -2.53. The van der Waals surface area contributed by atoms with Crippen molar-refractivity contribution in [2.24, 2.45) is 11.8 Å². The Morgan fingerprint density at radius 3 is 1.86 bits per heavy atom. The van der Waals surface area contributed by atoms with Crippen molar-refractivity contribution in [2.75, 3.05) is 32.3 Å². The topological polar surface area (TPSA) is 46.2 Å². The molecule has 0 N–H and O–H groups in total. The third-order valence-corrected chi connectivity index (χ3v) is 22.2. The van der Waals surface area contributed by atoms with Crippen molar-refractivity contribution < 1.29 is 23.1 Å². The summed E-state index contributed by atoms with van der Waals surface area (Å²) in [4.78, 5) is 0. The van der Waals surface area contributed by atoms with Crippen LogP contribution >= 0.6 is 23.5 Å². The zero-order valence-electron chi connectivity index (χ0n) is 29.9. The molecule has 0 aliphatic carbocycles. The molecule has 0 saturated carbocycles. The zero-order chi connectivity index (χ0) is 32.6. The van der Waals surface area contributed by atoms with Crippen molar-refractivity contribution in [3.63, 3.8) is 0 Å². The first-order chi connectivity index (χ1) is 19.8. The molecule has 1 aromatic rings. The largest absolute Gasteiger partial charge is 0.497 e. The summed E-state index contributed by atoms with van der Waals surface area (Å²) in [5, 5.41) is 0.232. The lowest BCUT2D eigenvalue weighted by Gasteiger charge is -2.48. The summed E-state index contributed by atoms with van der Waals surface area (Å²) >= 11 is 4.25. The molecule has 9 heteroatoms. The first kappa shape index (κ1) is 39.2. The predicted octanol–water partition coefficient (Wildman–Crippen LogP) is 9.87. The molecule has 1 aliphatic rings. The van der Waals surface area contributed by atoms with Gasteiger partial charge in [-0.3, -0.25) is 0 Å². The number of thioether (sulfide) groups is 2. The molecule has 0 spiro atoms. The molecule has 0 amide bonds. The number of methoxy groups -OCH3 is 2. The Bertz CT molecular complexity index is 940. The van der Waals surface area contributed by atoms with Crippen LogP contribution in [-0.4, -0.2) is 71.9 Å². The van der Waals surface area contributed by atoms with E-state index in [4.69, 9.17) is 23.1 Å². The summed E-state index contributed by atoms with van der Waals surface area (Å²) in [6.45, 7) is 29.4. The van der Waals surface area contributed by atoms with Crippen LogP contribution in [0.3, 0.4) is 0 Å². The van der Waals surface area contributed by atoms with E-state index in [-0.39, 0.29) is 34.3 Å². The molecule has 0 aromatic heterocycles. The molecule has 43 heavy (non-hydrogen) atoms. The van der Waals surface area contributed by atoms with Gasteiger partial charge < -0.3 is 23.1 Å². The highest BCUT2D eigenvalue weighted by molar-refractivity contribution is 8.17. The second-order valence-electron chi connectivity index (χ2n) is 15.4. The predicted molar refractivity (Wildman–Crippen MR) is 194 cm³/mol. The molecule has 0 bridgehead atoms. The van der Waals surface area contributed by atoms with Gasteiger partial charge in [0.25, 0.3) is 0 Å². The second-order valence-corrected chi connectivity index (χ2v) is 27.7. The van der Waals surface area contributed by atoms with Crippen LogP contribution in [0.2, 0.25) is 36.3 Å². The maximum atomic E-state index is 7.42. The van der Waals surface area contributed by atoms with E-state index in [1.807, 2.05) is 12.1 Å². The molecular weight excluding hydrogens is 609 g/mol. The quantitative estimate of drug-likeness (QED) is 0.162. The van der Waals surface area contributed by atoms with E-state index in [9.17, 15) is 0 Å². The summed E-state index contributed by atoms with van der Waals surface area (Å²) in [5.74, 6) is 3.94. The van der Waals surface area contributed by atoms with Crippen LogP contribution in [-0.2, 0) is 24.9 Å². The van der Waals surface area contributed by atoms with Gasteiger partial charge in [-0.1, -0.05) is 67.5 Å². The summed E-state index contributed by atoms with van der Waals surface area (Å²) in [6.07, 6.45) is 2.07. The van der Waals surface area contributed by atoms with Crippen LogP contribution in [0.5, 0.6) is 5.75 Å². The molecule has 1 aromatic carbocycles. The van der Waals surface area contributed by atoms with Crippen LogP contribution in [0, 0.1) is 11.8 Å². The minimum Gasteiger partial charge on any atom is -0.497 e. The van der Waals surface area contributed by atoms with E-state index < -0.39 is 16.6 Å². The first-order valence-corrected chi connectivity index (χ1v) is 24.1. The van der Waals surface area contributed by atoms with Crippen LogP contribution in [0.15, 0.2) is 24.3 Å². The molecule has 2 rings (SSSR count). The van der Waals surface area contributed by atoms with Gasteiger partial charge in [-0.25, -0.2) is 0 Å². The number of hydrogen-bond donors (Lipinski definition) is 0. The van der Waals surface area contributed by atoms with E-state index >= 15 is 0 Å². The SMILES string of the molecule is COC[C@@H](C[C@@H](O[Si](C)(C)C(C)(C)C)[C@H](C)[C@H](O[Si](C)(C)C(C)(C)C)[C@@H](C)C1SCCCS1)OCc1ccc(OC)cc1. The maximum Gasteiger partial charge on any atom is 0.192 e. The maximum absolute atomic E-state index is 7.42. The van der Waals surface area contributed by atoms with Gasteiger partial charge in [-0.15, -0.1) is 23.5 Å². The fourth-order valence-electron chi connectivity index (χ4n) is 4.88. The fraction of sp³-hybridized carbons (Fsp3) is 0.824. The summed E-state index contributed by atoms with van der Waals surface area (Å²) in [7, 11) is -0.691. The van der Waals surface area contributed by atoms with Gasteiger partial charge in [-0.2, -0.15) is 0 Å². The normalized spacial score (nSPS) is 19.5. The molecule has 5 nitrogen and oxygen atoms in total. The van der Waals surface area contributed by atoms with Gasteiger partial charge in [0.05, 0.1) is 43.2 Å². The first-order valence-electron chi connectivity index (χ1n) is 16.1. The number of rotatable bonds is 16. The third-order valence-electron chi connectivity index (χ3n) is 9.89. The molecular formula is C34H64O5S2Si2. The van der Waals surface area contributed by atoms with Gasteiger partial charge in [0.15, 0.2) is 16.6 Å². The van der Waals surface area contributed by atoms with Gasteiger partial charge in [0, 0.05) is 25.4 Å². The Balaban J connectivity index is 2.44. The lowest BCUT2D eigenvalue weighted by atomic mass is 9.87. The molecule has 0 radical (unpaired) electrons. The molecule has 5 atom stereocenters. The van der Waals surface area contributed by atoms with Crippen molar-refractivity contribution in [3.8, 4) is 5.75 Å². The minimum absolute atomic E-state index is 0.00674. The van der Waals surface area contributed by atoms with E-state index in [1.165, 1.54) is 17.9 Å². The third kappa shape index (κ3) is 11.6. The number of ether oxygens (including phenoxy) is 3. The molecule has 1 fully saturated rings. The fourth-order valence-corrected chi connectivity index (χ4v) is 10.9. The molecule has 250 valence electrons. The monoisotopic (exact) mass is 672 g/mol. The zero-order valence-corrected chi connectivity index (χ0v) is 33.5. The highest BCUT2D eigenvalue weighted by atomic mass is 32.2. The van der Waals surface area contributed by atoms with E-state index in [0.717, 1.165) is 17.7 Å². The number of hydrogen-bond acceptors (Lipinski definition) is 7. The van der Waals surface area contributed by atoms with Crippen LogP contribution < -0.4 is 4.74 Å². The van der Waals surface area contributed by atoms with E-state index in [0.29, 0.717) is 23.7 Å². The second kappa shape index (κ2) is 16.7. The van der Waals surface area contributed by atoms with Crippen molar-refractivity contribution in [1.29, 1.82) is 0 Å². The highest BCUT2D eigenvalue weighted by Crippen LogP contribution is 2.46. The Kier molecular flexibility index (Phi) is 15.2. The van der Waals surface area contributed by atoms with Crippen LogP contribution in [0.1, 0.15) is 73.8 Å². The van der Waals surface area contributed by atoms with Crippen molar-refractivity contribution in [1.82, 2.24) is 0 Å². The van der Waals surface area contributed by atoms with E-state index in [2.05, 4.69) is 117 Å². The Labute approximate surface area is 275 Å². The summed E-state index contributed by atoms with van der Waals surface area (Å²) in [5.41, 5.74) is 1.12. The molecule has 1 heterocycles. The van der Waals surface area contributed by atoms with Gasteiger partial charge in [-0.05, 0) is 71.9 Å². The standard InChI is InChI=1S/C34H64O5S2Si2/c1-25(31(39-43(13,14)34(6,7)8)26(2)32-40-20-15-21-41-32)30(38-42(11,12)33(3,4)5)22-29(24-35-9)37-23-27-16-18-28(36-10)19-17-27/h16-19,25-26,29-32H,15,20-24H2,1-14H3/t25-,26+,29+,30+,31-/m0/s1. The number of benzene rings is 1. The van der Waals surface area contributed by atoms with Crippen molar-refractivity contribution >= 4 is 40.2 Å². The lowest BCUT2D eigenvalue weighted by molar-refractivity contribution is -0.0581. The summed E-state index contributed by atoms with van der Waals surface area (Å²) in [6, 6.07) is 8.11. The average molecular weight is 673 g/mol. The van der Waals surface area contributed by atoms with Crippen molar-refractivity contribution in [3.05, 3.63) is 29.8 Å². The Morgan fingerprint density at radius 2 is 1.37 bits per heavy atom. The molecule has 0 unspecified atom stereocenters. The van der Waals surface area contributed by atoms with Crippen LogP contribution in [0.25, 0.3) is 0 Å². The molecule has 1 aliphatic heterocycles. The van der Waals surface area contributed by atoms with Gasteiger partial charge in [0.2, 0.25) is 0 Å². The average Bonchev–Trinajstić information content (AvgIpc) is 2.93. The molecule has 1 saturated heterocycles. The summed E-state index contributed by atoms with van der Waals surface area (Å²) < 4.78 is 32.9. The highest BCUT2D eigenvalue weighted by Gasteiger charge is 2.47. The van der Waals surface area contributed by atoms with Crippen LogP contribution in [0.4, 0.5) is 0 Å². The minimum atomic E-state index is -2.10. The van der Waals surface area contributed by atoms with Gasteiger partial charge >= 0.3 is 0 Å².